The fourth-order valence-electron chi connectivity index (χ4n) is 1.93. The van der Waals surface area contributed by atoms with Crippen molar-refractivity contribution in [3.05, 3.63) is 64.7 Å². The van der Waals surface area contributed by atoms with E-state index in [0.29, 0.717) is 5.69 Å². The Bertz CT molecular complexity index is 656. The minimum Gasteiger partial charge on any atom is -0.478 e. The second-order valence-electron chi connectivity index (χ2n) is 4.39. The van der Waals surface area contributed by atoms with Crippen molar-refractivity contribution in [2.45, 2.75) is 13.5 Å². The zero-order valence-electron chi connectivity index (χ0n) is 10.8. The van der Waals surface area contributed by atoms with Crippen molar-refractivity contribution in [3.8, 4) is 0 Å². The first kappa shape index (κ1) is 14.0. The summed E-state index contributed by atoms with van der Waals surface area (Å²) in [4.78, 5) is 11.1. The lowest BCUT2D eigenvalue weighted by Gasteiger charge is -2.13. The van der Waals surface area contributed by atoms with Crippen LogP contribution < -0.4 is 5.32 Å². The van der Waals surface area contributed by atoms with Gasteiger partial charge in [0, 0.05) is 18.2 Å². The molecule has 0 atom stereocenters. The molecule has 0 saturated carbocycles. The predicted octanol–water partition coefficient (Wildman–Crippen LogP) is 3.58. The Morgan fingerprint density at radius 2 is 2.00 bits per heavy atom. The van der Waals surface area contributed by atoms with Crippen LogP contribution in [0.4, 0.5) is 14.5 Å². The van der Waals surface area contributed by atoms with E-state index in [0.717, 1.165) is 17.7 Å². The third-order valence-electron chi connectivity index (χ3n) is 2.97. The fourth-order valence-corrected chi connectivity index (χ4v) is 1.93. The van der Waals surface area contributed by atoms with Gasteiger partial charge in [-0.25, -0.2) is 13.6 Å². The summed E-state index contributed by atoms with van der Waals surface area (Å²) in [6.45, 7) is 1.84. The maximum absolute atomic E-state index is 13.5. The number of para-hydroxylation sites is 1. The van der Waals surface area contributed by atoms with Crippen LogP contribution in [0, 0.1) is 18.6 Å². The molecule has 2 aromatic carbocycles. The zero-order chi connectivity index (χ0) is 14.7. The molecule has 104 valence electrons. The topological polar surface area (TPSA) is 49.3 Å². The lowest BCUT2D eigenvalue weighted by molar-refractivity contribution is 0.0698. The highest BCUT2D eigenvalue weighted by Gasteiger charge is 2.12. The number of benzene rings is 2. The van der Waals surface area contributed by atoms with Crippen LogP contribution in [-0.4, -0.2) is 11.1 Å². The molecule has 0 bridgehead atoms. The molecule has 2 N–H and O–H groups in total. The van der Waals surface area contributed by atoms with Crippen LogP contribution in [0.15, 0.2) is 36.4 Å². The van der Waals surface area contributed by atoms with E-state index in [1.165, 1.54) is 12.1 Å². The SMILES string of the molecule is Cc1cccc(C(=O)O)c1NCc1ccc(F)cc1F. The molecule has 0 heterocycles. The first-order valence-electron chi connectivity index (χ1n) is 5.99. The Hall–Kier alpha value is -2.43. The highest BCUT2D eigenvalue weighted by molar-refractivity contribution is 5.95. The van der Waals surface area contributed by atoms with Crippen LogP contribution in [0.25, 0.3) is 0 Å². The van der Waals surface area contributed by atoms with Gasteiger partial charge in [-0.15, -0.1) is 0 Å². The summed E-state index contributed by atoms with van der Waals surface area (Å²) in [5, 5.41) is 12.0. The van der Waals surface area contributed by atoms with Gasteiger partial charge >= 0.3 is 5.97 Å². The maximum atomic E-state index is 13.5. The number of rotatable bonds is 4. The number of hydrogen-bond acceptors (Lipinski definition) is 2. The molecule has 0 saturated heterocycles. The number of carboxylic acids is 1. The normalized spacial score (nSPS) is 10.3. The summed E-state index contributed by atoms with van der Waals surface area (Å²) in [5.74, 6) is -2.37. The highest BCUT2D eigenvalue weighted by Crippen LogP contribution is 2.22. The molecule has 0 aliphatic heterocycles. The summed E-state index contributed by atoms with van der Waals surface area (Å²) in [5.41, 5.74) is 1.56. The van der Waals surface area contributed by atoms with Crippen LogP contribution in [0.5, 0.6) is 0 Å². The number of aromatic carboxylic acids is 1. The van der Waals surface area contributed by atoms with Gasteiger partial charge in [0.25, 0.3) is 0 Å². The van der Waals surface area contributed by atoms with Crippen molar-refractivity contribution in [2.24, 2.45) is 0 Å². The van der Waals surface area contributed by atoms with Crippen molar-refractivity contribution in [3.63, 3.8) is 0 Å². The molecule has 3 nitrogen and oxygen atoms in total. The van der Waals surface area contributed by atoms with E-state index in [-0.39, 0.29) is 17.7 Å². The molecular weight excluding hydrogens is 264 g/mol. The van der Waals surface area contributed by atoms with Crippen molar-refractivity contribution in [1.82, 2.24) is 0 Å². The van der Waals surface area contributed by atoms with Gasteiger partial charge in [0.2, 0.25) is 0 Å². The molecule has 0 aliphatic carbocycles. The van der Waals surface area contributed by atoms with E-state index >= 15 is 0 Å². The van der Waals surface area contributed by atoms with Gasteiger partial charge in [-0.05, 0) is 24.6 Å². The summed E-state index contributed by atoms with van der Waals surface area (Å²) < 4.78 is 26.3. The van der Waals surface area contributed by atoms with Crippen molar-refractivity contribution in [1.29, 1.82) is 0 Å². The first-order valence-corrected chi connectivity index (χ1v) is 5.99. The summed E-state index contributed by atoms with van der Waals surface area (Å²) >= 11 is 0. The number of hydrogen-bond donors (Lipinski definition) is 2. The van der Waals surface area contributed by atoms with Crippen LogP contribution >= 0.6 is 0 Å². The molecule has 0 aliphatic rings. The van der Waals surface area contributed by atoms with Gasteiger partial charge in [0.1, 0.15) is 11.6 Å². The third-order valence-corrected chi connectivity index (χ3v) is 2.97. The van der Waals surface area contributed by atoms with E-state index in [9.17, 15) is 13.6 Å². The van der Waals surface area contributed by atoms with Crippen molar-refractivity contribution >= 4 is 11.7 Å². The van der Waals surface area contributed by atoms with Crippen LogP contribution in [0.3, 0.4) is 0 Å². The Kier molecular flexibility index (Phi) is 3.98. The molecule has 0 fully saturated rings. The molecule has 0 radical (unpaired) electrons. The van der Waals surface area contributed by atoms with Crippen LogP contribution in [0.1, 0.15) is 21.5 Å². The minimum atomic E-state index is -1.06. The summed E-state index contributed by atoms with van der Waals surface area (Å²) in [6.07, 6.45) is 0. The lowest BCUT2D eigenvalue weighted by atomic mass is 10.1. The largest absolute Gasteiger partial charge is 0.478 e. The summed E-state index contributed by atoms with van der Waals surface area (Å²) in [6, 6.07) is 8.16. The average molecular weight is 277 g/mol. The molecule has 0 aromatic heterocycles. The average Bonchev–Trinajstić information content (AvgIpc) is 2.38. The molecule has 0 spiro atoms. The van der Waals surface area contributed by atoms with E-state index in [2.05, 4.69) is 5.32 Å². The van der Waals surface area contributed by atoms with E-state index < -0.39 is 17.6 Å². The van der Waals surface area contributed by atoms with Gasteiger partial charge in [0.05, 0.1) is 11.3 Å². The monoisotopic (exact) mass is 277 g/mol. The van der Waals surface area contributed by atoms with E-state index in [1.54, 1.807) is 19.1 Å². The van der Waals surface area contributed by atoms with Crippen molar-refractivity contribution < 1.29 is 18.7 Å². The molecule has 2 rings (SSSR count). The second kappa shape index (κ2) is 5.69. The Morgan fingerprint density at radius 3 is 2.65 bits per heavy atom. The molecule has 2 aromatic rings. The highest BCUT2D eigenvalue weighted by atomic mass is 19.1. The quantitative estimate of drug-likeness (QED) is 0.898. The fraction of sp³-hybridized carbons (Fsp3) is 0.133. The van der Waals surface area contributed by atoms with E-state index in [1.807, 2.05) is 0 Å². The van der Waals surface area contributed by atoms with Gasteiger partial charge in [-0.2, -0.15) is 0 Å². The standard InChI is InChI=1S/C15H13F2NO2/c1-9-3-2-4-12(15(19)20)14(9)18-8-10-5-6-11(16)7-13(10)17/h2-7,18H,8H2,1H3,(H,19,20). The van der Waals surface area contributed by atoms with Crippen LogP contribution in [-0.2, 0) is 6.54 Å². The van der Waals surface area contributed by atoms with Crippen LogP contribution in [0.2, 0.25) is 0 Å². The lowest BCUT2D eigenvalue weighted by Crippen LogP contribution is -2.09. The maximum Gasteiger partial charge on any atom is 0.337 e. The van der Waals surface area contributed by atoms with Gasteiger partial charge < -0.3 is 10.4 Å². The van der Waals surface area contributed by atoms with Gasteiger partial charge in [-0.3, -0.25) is 0 Å². The number of halogens is 2. The molecule has 0 amide bonds. The number of carboxylic acid groups (broad SMARTS) is 1. The number of aryl methyl sites for hydroxylation is 1. The predicted molar refractivity (Wildman–Crippen MR) is 71.8 cm³/mol. The molecular formula is C15H13F2NO2. The smallest absolute Gasteiger partial charge is 0.337 e. The van der Waals surface area contributed by atoms with E-state index in [4.69, 9.17) is 5.11 Å². The zero-order valence-corrected chi connectivity index (χ0v) is 10.8. The Balaban J connectivity index is 2.25. The molecule has 5 heteroatoms. The summed E-state index contributed by atoms with van der Waals surface area (Å²) in [7, 11) is 0. The van der Waals surface area contributed by atoms with Gasteiger partial charge in [-0.1, -0.05) is 18.2 Å². The molecule has 20 heavy (non-hydrogen) atoms. The second-order valence-corrected chi connectivity index (χ2v) is 4.39. The minimum absolute atomic E-state index is 0.0806. The number of anilines is 1. The Morgan fingerprint density at radius 1 is 1.25 bits per heavy atom. The first-order chi connectivity index (χ1) is 9.49. The van der Waals surface area contributed by atoms with Crippen molar-refractivity contribution in [2.75, 3.05) is 5.32 Å². The number of nitrogens with one attached hydrogen (secondary N) is 1. The molecule has 0 unspecified atom stereocenters. The number of carbonyl (C=O) groups is 1. The van der Waals surface area contributed by atoms with Gasteiger partial charge in [0.15, 0.2) is 0 Å². The Labute approximate surface area is 114 Å². The third kappa shape index (κ3) is 2.93.